The second-order valence-corrected chi connectivity index (χ2v) is 8.96. The van der Waals surface area contributed by atoms with Gasteiger partial charge in [-0.05, 0) is 30.2 Å². The lowest BCUT2D eigenvalue weighted by atomic mass is 10.1. The van der Waals surface area contributed by atoms with Crippen molar-refractivity contribution < 1.29 is 13.9 Å². The number of amides is 1. The molecule has 7 nitrogen and oxygen atoms in total. The minimum atomic E-state index is -0.249. The number of oxazole rings is 1. The average Bonchev–Trinajstić information content (AvgIpc) is 3.32. The molecule has 0 unspecified atom stereocenters. The predicted molar refractivity (Wildman–Crippen MR) is 132 cm³/mol. The van der Waals surface area contributed by atoms with E-state index in [4.69, 9.17) is 20.8 Å². The zero-order valence-corrected chi connectivity index (χ0v) is 20.2. The third-order valence-electron chi connectivity index (χ3n) is 5.92. The molecule has 1 aliphatic rings. The lowest BCUT2D eigenvalue weighted by Crippen LogP contribution is -2.41. The van der Waals surface area contributed by atoms with Crippen molar-refractivity contribution in [3.05, 3.63) is 88.6 Å². The molecule has 8 heteroatoms. The molecule has 1 N–H and O–H groups in total. The Kier molecular flexibility index (Phi) is 8.71. The van der Waals surface area contributed by atoms with Crippen LogP contribution in [0.15, 0.2) is 65.3 Å². The number of benzene rings is 2. The first-order chi connectivity index (χ1) is 16.6. The summed E-state index contributed by atoms with van der Waals surface area (Å²) in [4.78, 5) is 21.8. The highest BCUT2D eigenvalue weighted by Crippen LogP contribution is 2.16. The predicted octanol–water partition coefficient (Wildman–Crippen LogP) is 4.15. The summed E-state index contributed by atoms with van der Waals surface area (Å²) < 4.78 is 11.1. The summed E-state index contributed by atoms with van der Waals surface area (Å²) in [7, 11) is 0. The molecule has 0 saturated carbocycles. The first kappa shape index (κ1) is 24.4. The second kappa shape index (κ2) is 12.1. The maximum Gasteiger partial charge on any atom is 0.273 e. The quantitative estimate of drug-likeness (QED) is 0.468. The SMILES string of the molecule is C[C@@H](NC(=O)c1coc(CN(CCN2CCOCC2)Cc2cccc(Cl)c2)n1)c1ccccc1. The van der Waals surface area contributed by atoms with Gasteiger partial charge in [-0.25, -0.2) is 4.98 Å². The standard InChI is InChI=1S/C26H31ClN4O3/c1-20(22-7-3-2-4-8-22)28-26(32)24-19-34-25(29-24)18-31(11-10-30-12-14-33-15-13-30)17-21-6-5-9-23(27)16-21/h2-9,16,19-20H,10-15,17-18H2,1H3,(H,28,32)/t20-/m1/s1. The fourth-order valence-electron chi connectivity index (χ4n) is 3.99. The summed E-state index contributed by atoms with van der Waals surface area (Å²) in [5, 5.41) is 3.70. The average molecular weight is 483 g/mol. The van der Waals surface area contributed by atoms with Crippen LogP contribution in [0.4, 0.5) is 0 Å². The van der Waals surface area contributed by atoms with Crippen molar-refractivity contribution in [3.8, 4) is 0 Å². The molecule has 1 aliphatic heterocycles. The van der Waals surface area contributed by atoms with Crippen LogP contribution in [0.25, 0.3) is 0 Å². The molecule has 1 saturated heterocycles. The molecule has 1 fully saturated rings. The van der Waals surface area contributed by atoms with Gasteiger partial charge in [0, 0.05) is 37.7 Å². The molecular formula is C26H31ClN4O3. The molecule has 180 valence electrons. The molecule has 0 spiro atoms. The number of carbonyl (C=O) groups excluding carboxylic acids is 1. The maximum absolute atomic E-state index is 12.7. The Morgan fingerprint density at radius 3 is 2.71 bits per heavy atom. The molecule has 0 radical (unpaired) electrons. The largest absolute Gasteiger partial charge is 0.447 e. The first-order valence-electron chi connectivity index (χ1n) is 11.6. The summed E-state index contributed by atoms with van der Waals surface area (Å²) in [5.41, 5.74) is 2.44. The van der Waals surface area contributed by atoms with Gasteiger partial charge in [-0.1, -0.05) is 54.1 Å². The fourth-order valence-corrected chi connectivity index (χ4v) is 4.20. The number of hydrogen-bond acceptors (Lipinski definition) is 6. The van der Waals surface area contributed by atoms with Gasteiger partial charge in [0.2, 0.25) is 5.89 Å². The van der Waals surface area contributed by atoms with E-state index < -0.39 is 0 Å². The molecule has 1 amide bonds. The zero-order valence-electron chi connectivity index (χ0n) is 19.5. The molecule has 4 rings (SSSR count). The van der Waals surface area contributed by atoms with Crippen molar-refractivity contribution in [1.29, 1.82) is 0 Å². The van der Waals surface area contributed by atoms with Gasteiger partial charge in [0.05, 0.1) is 25.8 Å². The molecule has 3 aromatic rings. The first-order valence-corrected chi connectivity index (χ1v) is 12.0. The minimum absolute atomic E-state index is 0.123. The van der Waals surface area contributed by atoms with E-state index in [-0.39, 0.29) is 17.6 Å². The highest BCUT2D eigenvalue weighted by atomic mass is 35.5. The number of carbonyl (C=O) groups is 1. The molecule has 1 atom stereocenters. The Labute approximate surface area is 205 Å². The molecule has 34 heavy (non-hydrogen) atoms. The van der Waals surface area contributed by atoms with E-state index in [1.807, 2.05) is 55.5 Å². The topological polar surface area (TPSA) is 70.8 Å². The number of halogens is 1. The van der Waals surface area contributed by atoms with E-state index in [2.05, 4.69) is 26.2 Å². The highest BCUT2D eigenvalue weighted by molar-refractivity contribution is 6.30. The number of nitrogens with one attached hydrogen (secondary N) is 1. The van der Waals surface area contributed by atoms with Crippen molar-refractivity contribution >= 4 is 17.5 Å². The Morgan fingerprint density at radius 1 is 1.15 bits per heavy atom. The second-order valence-electron chi connectivity index (χ2n) is 8.53. The van der Waals surface area contributed by atoms with Crippen molar-refractivity contribution in [3.63, 3.8) is 0 Å². The van der Waals surface area contributed by atoms with Crippen LogP contribution in [-0.2, 0) is 17.8 Å². The van der Waals surface area contributed by atoms with Gasteiger partial charge in [0.25, 0.3) is 5.91 Å². The number of rotatable bonds is 10. The Hall–Kier alpha value is -2.71. The van der Waals surface area contributed by atoms with Crippen molar-refractivity contribution in [2.24, 2.45) is 0 Å². The normalized spacial score (nSPS) is 15.4. The van der Waals surface area contributed by atoms with E-state index in [9.17, 15) is 4.79 Å². The molecule has 0 aliphatic carbocycles. The maximum atomic E-state index is 12.7. The van der Waals surface area contributed by atoms with Crippen molar-refractivity contribution in [2.75, 3.05) is 39.4 Å². The van der Waals surface area contributed by atoms with E-state index in [0.29, 0.717) is 24.0 Å². The monoisotopic (exact) mass is 482 g/mol. The van der Waals surface area contributed by atoms with Gasteiger partial charge in [-0.15, -0.1) is 0 Å². The van der Waals surface area contributed by atoms with Crippen LogP contribution in [0.3, 0.4) is 0 Å². The van der Waals surface area contributed by atoms with E-state index in [0.717, 1.165) is 50.5 Å². The molecule has 2 heterocycles. The van der Waals surface area contributed by atoms with Gasteiger partial charge in [0.1, 0.15) is 6.26 Å². The molecule has 1 aromatic heterocycles. The van der Waals surface area contributed by atoms with Crippen molar-refractivity contribution in [1.82, 2.24) is 20.1 Å². The van der Waals surface area contributed by atoms with Gasteiger partial charge >= 0.3 is 0 Å². The van der Waals surface area contributed by atoms with E-state index >= 15 is 0 Å². The highest BCUT2D eigenvalue weighted by Gasteiger charge is 2.19. The zero-order chi connectivity index (χ0) is 23.8. The van der Waals surface area contributed by atoms with Crippen LogP contribution in [0, 0.1) is 0 Å². The number of ether oxygens (including phenoxy) is 1. The summed E-state index contributed by atoms with van der Waals surface area (Å²) in [6.45, 7) is 8.34. The third kappa shape index (κ3) is 7.14. The lowest BCUT2D eigenvalue weighted by Gasteiger charge is -2.29. The third-order valence-corrected chi connectivity index (χ3v) is 6.16. The Balaban J connectivity index is 1.39. The summed E-state index contributed by atoms with van der Waals surface area (Å²) >= 11 is 6.20. The molecular weight excluding hydrogens is 452 g/mol. The number of hydrogen-bond donors (Lipinski definition) is 1. The summed E-state index contributed by atoms with van der Waals surface area (Å²) in [6, 6.07) is 17.6. The van der Waals surface area contributed by atoms with Crippen LogP contribution >= 0.6 is 11.6 Å². The van der Waals surface area contributed by atoms with Crippen molar-refractivity contribution in [2.45, 2.75) is 26.1 Å². The van der Waals surface area contributed by atoms with Crippen LogP contribution in [0.2, 0.25) is 5.02 Å². The lowest BCUT2D eigenvalue weighted by molar-refractivity contribution is 0.0320. The van der Waals surface area contributed by atoms with Gasteiger partial charge in [0.15, 0.2) is 5.69 Å². The number of morpholine rings is 1. The smallest absolute Gasteiger partial charge is 0.273 e. The molecule has 2 aromatic carbocycles. The van der Waals surface area contributed by atoms with E-state index in [1.165, 1.54) is 6.26 Å². The fraction of sp³-hybridized carbons (Fsp3) is 0.385. The van der Waals surface area contributed by atoms with Gasteiger partial charge < -0.3 is 14.5 Å². The van der Waals surface area contributed by atoms with Crippen LogP contribution < -0.4 is 5.32 Å². The number of nitrogens with zero attached hydrogens (tertiary/aromatic N) is 3. The Bertz CT molecular complexity index is 1050. The number of aromatic nitrogens is 1. The summed E-state index contributed by atoms with van der Waals surface area (Å²) in [6.07, 6.45) is 1.43. The minimum Gasteiger partial charge on any atom is -0.447 e. The van der Waals surface area contributed by atoms with E-state index in [1.54, 1.807) is 0 Å². The molecule has 0 bridgehead atoms. The van der Waals surface area contributed by atoms with Crippen LogP contribution in [0.1, 0.15) is 40.5 Å². The van der Waals surface area contributed by atoms with Gasteiger partial charge in [-0.3, -0.25) is 14.6 Å². The van der Waals surface area contributed by atoms with Gasteiger partial charge in [-0.2, -0.15) is 0 Å². The Morgan fingerprint density at radius 2 is 1.94 bits per heavy atom. The van der Waals surface area contributed by atoms with Crippen LogP contribution in [-0.4, -0.2) is 60.1 Å². The summed E-state index contributed by atoms with van der Waals surface area (Å²) in [5.74, 6) is 0.266. The van der Waals surface area contributed by atoms with Crippen LogP contribution in [0.5, 0.6) is 0 Å².